The molecule has 1 unspecified atom stereocenters. The summed E-state index contributed by atoms with van der Waals surface area (Å²) in [4.78, 5) is 28.4. The van der Waals surface area contributed by atoms with E-state index in [9.17, 15) is 9.59 Å². The predicted octanol–water partition coefficient (Wildman–Crippen LogP) is 3.96. The summed E-state index contributed by atoms with van der Waals surface area (Å²) in [6.45, 7) is 5.52. The number of Topliss-reactive ketones (excluding diaryl/α,β-unsaturated/α-hetero) is 1. The van der Waals surface area contributed by atoms with E-state index in [2.05, 4.69) is 10.00 Å². The van der Waals surface area contributed by atoms with Crippen molar-refractivity contribution in [2.24, 2.45) is 5.41 Å². The highest BCUT2D eigenvalue weighted by Crippen LogP contribution is 2.40. The van der Waals surface area contributed by atoms with Crippen LogP contribution in [0.2, 0.25) is 10.0 Å². The number of hydrogen-bond acceptors (Lipinski definition) is 4. The lowest BCUT2D eigenvalue weighted by molar-refractivity contribution is 0.101. The molecule has 3 heterocycles. The Kier molecular flexibility index (Phi) is 5.21. The van der Waals surface area contributed by atoms with Gasteiger partial charge in [-0.1, -0.05) is 23.2 Å². The third-order valence-electron chi connectivity index (χ3n) is 5.77. The van der Waals surface area contributed by atoms with E-state index in [0.29, 0.717) is 23.8 Å². The van der Waals surface area contributed by atoms with Gasteiger partial charge in [0.2, 0.25) is 0 Å². The molecule has 2 fully saturated rings. The van der Waals surface area contributed by atoms with Gasteiger partial charge in [0.25, 0.3) is 0 Å². The van der Waals surface area contributed by atoms with Crippen LogP contribution in [0, 0.1) is 5.41 Å². The third-order valence-corrected chi connectivity index (χ3v) is 6.38. The fourth-order valence-corrected chi connectivity index (χ4v) is 4.63. The van der Waals surface area contributed by atoms with E-state index in [4.69, 9.17) is 23.2 Å². The largest absolute Gasteiger partial charge is 0.344 e. The Bertz CT molecular complexity index is 929. The number of benzene rings is 1. The summed E-state index contributed by atoms with van der Waals surface area (Å²) in [5.74, 6) is -0.143. The van der Waals surface area contributed by atoms with Gasteiger partial charge in [0, 0.05) is 54.8 Å². The van der Waals surface area contributed by atoms with Gasteiger partial charge in [-0.15, -0.1) is 0 Å². The molecule has 0 aliphatic carbocycles. The minimum absolute atomic E-state index is 0.108. The fraction of sp³-hybridized carbons (Fsp3) is 0.450. The summed E-state index contributed by atoms with van der Waals surface area (Å²) in [7, 11) is 0. The van der Waals surface area contributed by atoms with Gasteiger partial charge in [0.05, 0.1) is 0 Å². The summed E-state index contributed by atoms with van der Waals surface area (Å²) in [6.07, 6.45) is 3.58. The van der Waals surface area contributed by atoms with E-state index in [-0.39, 0.29) is 17.2 Å². The quantitative estimate of drug-likeness (QED) is 0.705. The van der Waals surface area contributed by atoms with Crippen LogP contribution in [0.5, 0.6) is 0 Å². The normalized spacial score (nSPS) is 22.3. The van der Waals surface area contributed by atoms with Crippen LogP contribution in [0.25, 0.3) is 0 Å². The van der Waals surface area contributed by atoms with Crippen LogP contribution in [-0.4, -0.2) is 57.6 Å². The Hall–Kier alpha value is -1.89. The number of likely N-dealkylation sites (tertiary alicyclic amines) is 2. The van der Waals surface area contributed by atoms with Crippen molar-refractivity contribution in [1.82, 2.24) is 19.6 Å². The van der Waals surface area contributed by atoms with Crippen LogP contribution in [-0.2, 0) is 6.54 Å². The second-order valence-electron chi connectivity index (χ2n) is 7.85. The SMILES string of the molecule is CC(=O)c1ccn(C(=O)N2CCC3(CCN(Cc4cc(Cl)ccc4Cl)C3)C2)n1. The van der Waals surface area contributed by atoms with Crippen LogP contribution in [0.1, 0.15) is 35.8 Å². The lowest BCUT2D eigenvalue weighted by atomic mass is 9.86. The summed E-state index contributed by atoms with van der Waals surface area (Å²) in [5, 5.41) is 5.52. The van der Waals surface area contributed by atoms with Crippen molar-refractivity contribution in [1.29, 1.82) is 0 Å². The Labute approximate surface area is 174 Å². The molecule has 0 bridgehead atoms. The number of rotatable bonds is 3. The van der Waals surface area contributed by atoms with Crippen molar-refractivity contribution in [2.45, 2.75) is 26.3 Å². The summed E-state index contributed by atoms with van der Waals surface area (Å²) in [5.41, 5.74) is 1.45. The van der Waals surface area contributed by atoms with Crippen molar-refractivity contribution < 1.29 is 9.59 Å². The number of aromatic nitrogens is 2. The van der Waals surface area contributed by atoms with Crippen molar-refractivity contribution in [3.8, 4) is 0 Å². The van der Waals surface area contributed by atoms with Gasteiger partial charge in [-0.05, 0) is 49.2 Å². The number of carbonyl (C=O) groups is 2. The first-order valence-electron chi connectivity index (χ1n) is 9.37. The van der Waals surface area contributed by atoms with E-state index < -0.39 is 0 Å². The third kappa shape index (κ3) is 3.81. The Morgan fingerprint density at radius 3 is 2.68 bits per heavy atom. The molecule has 0 N–H and O–H groups in total. The number of carbonyl (C=O) groups excluding carboxylic acids is 2. The Morgan fingerprint density at radius 1 is 1.14 bits per heavy atom. The molecule has 2 aromatic rings. The van der Waals surface area contributed by atoms with Gasteiger partial charge < -0.3 is 4.90 Å². The van der Waals surface area contributed by atoms with Crippen LogP contribution >= 0.6 is 23.2 Å². The molecule has 1 spiro atoms. The molecule has 8 heteroatoms. The Morgan fingerprint density at radius 2 is 1.93 bits per heavy atom. The molecule has 2 saturated heterocycles. The first-order valence-corrected chi connectivity index (χ1v) is 10.1. The minimum Gasteiger partial charge on any atom is -0.322 e. The van der Waals surface area contributed by atoms with E-state index >= 15 is 0 Å². The van der Waals surface area contributed by atoms with E-state index in [1.54, 1.807) is 18.3 Å². The monoisotopic (exact) mass is 420 g/mol. The Balaban J connectivity index is 1.40. The van der Waals surface area contributed by atoms with Gasteiger partial charge in [0.1, 0.15) is 5.69 Å². The molecular weight excluding hydrogens is 399 g/mol. The van der Waals surface area contributed by atoms with Crippen LogP contribution in [0.15, 0.2) is 30.5 Å². The smallest absolute Gasteiger partial charge is 0.322 e. The van der Waals surface area contributed by atoms with Crippen LogP contribution in [0.3, 0.4) is 0 Å². The number of ketones is 1. The first-order chi connectivity index (χ1) is 13.3. The number of halogens is 2. The molecule has 1 amide bonds. The molecule has 1 atom stereocenters. The molecular formula is C20H22Cl2N4O2. The average Bonchev–Trinajstić information content (AvgIpc) is 3.38. The molecule has 4 rings (SSSR count). The van der Waals surface area contributed by atoms with Gasteiger partial charge >= 0.3 is 6.03 Å². The maximum Gasteiger partial charge on any atom is 0.344 e. The fourth-order valence-electron chi connectivity index (χ4n) is 4.26. The topological polar surface area (TPSA) is 58.4 Å². The van der Waals surface area contributed by atoms with Crippen molar-refractivity contribution >= 4 is 35.0 Å². The van der Waals surface area contributed by atoms with Crippen LogP contribution in [0.4, 0.5) is 4.79 Å². The predicted molar refractivity (Wildman–Crippen MR) is 108 cm³/mol. The standard InChI is InChI=1S/C20H22Cl2N4O2/c1-14(27)18-4-7-26(23-18)19(28)25-9-6-20(13-25)5-8-24(12-20)11-15-10-16(21)2-3-17(15)22/h2-4,7,10H,5-6,8-9,11-13H2,1H3. The molecule has 2 aliphatic rings. The highest BCUT2D eigenvalue weighted by Gasteiger charge is 2.45. The molecule has 1 aromatic carbocycles. The molecule has 6 nitrogen and oxygen atoms in total. The molecule has 28 heavy (non-hydrogen) atoms. The second kappa shape index (κ2) is 7.50. The highest BCUT2D eigenvalue weighted by atomic mass is 35.5. The van der Waals surface area contributed by atoms with Gasteiger partial charge in [-0.2, -0.15) is 9.78 Å². The van der Waals surface area contributed by atoms with Gasteiger partial charge in [-0.25, -0.2) is 4.79 Å². The summed E-state index contributed by atoms with van der Waals surface area (Å²) < 4.78 is 1.27. The first kappa shape index (κ1) is 19.4. The molecule has 0 saturated carbocycles. The number of hydrogen-bond donors (Lipinski definition) is 0. The van der Waals surface area contributed by atoms with Crippen molar-refractivity contribution in [3.63, 3.8) is 0 Å². The molecule has 1 aromatic heterocycles. The zero-order chi connectivity index (χ0) is 19.9. The zero-order valence-electron chi connectivity index (χ0n) is 15.7. The molecule has 2 aliphatic heterocycles. The lowest BCUT2D eigenvalue weighted by Gasteiger charge is -2.25. The maximum atomic E-state index is 12.7. The summed E-state index contributed by atoms with van der Waals surface area (Å²) in [6, 6.07) is 6.97. The maximum absolute atomic E-state index is 12.7. The number of amides is 1. The minimum atomic E-state index is -0.166. The van der Waals surface area contributed by atoms with Gasteiger partial charge in [-0.3, -0.25) is 9.69 Å². The second-order valence-corrected chi connectivity index (χ2v) is 8.70. The van der Waals surface area contributed by atoms with Crippen LogP contribution < -0.4 is 0 Å². The van der Waals surface area contributed by atoms with E-state index in [0.717, 1.165) is 43.1 Å². The van der Waals surface area contributed by atoms with Crippen molar-refractivity contribution in [2.75, 3.05) is 26.2 Å². The molecule has 0 radical (unpaired) electrons. The van der Waals surface area contributed by atoms with Gasteiger partial charge in [0.15, 0.2) is 5.78 Å². The zero-order valence-corrected chi connectivity index (χ0v) is 17.2. The van der Waals surface area contributed by atoms with E-state index in [1.807, 2.05) is 17.0 Å². The van der Waals surface area contributed by atoms with E-state index in [1.165, 1.54) is 11.6 Å². The average molecular weight is 421 g/mol. The lowest BCUT2D eigenvalue weighted by Crippen LogP contribution is -2.36. The van der Waals surface area contributed by atoms with Crippen molar-refractivity contribution in [3.05, 3.63) is 51.8 Å². The summed E-state index contributed by atoms with van der Waals surface area (Å²) >= 11 is 12.4. The molecule has 148 valence electrons. The highest BCUT2D eigenvalue weighted by molar-refractivity contribution is 6.33. The number of nitrogens with zero attached hydrogens (tertiary/aromatic N) is 4.